The lowest BCUT2D eigenvalue weighted by atomic mass is 9.90. The van der Waals surface area contributed by atoms with Crippen LogP contribution < -0.4 is 10.6 Å². The molecule has 2 N–H and O–H groups in total. The van der Waals surface area contributed by atoms with Gasteiger partial charge in [0, 0.05) is 19.0 Å². The van der Waals surface area contributed by atoms with Crippen molar-refractivity contribution in [2.45, 2.75) is 52.5 Å². The van der Waals surface area contributed by atoms with Crippen LogP contribution in [0.25, 0.3) is 0 Å². The van der Waals surface area contributed by atoms with Gasteiger partial charge in [-0.3, -0.25) is 4.79 Å². The van der Waals surface area contributed by atoms with E-state index in [9.17, 15) is 4.79 Å². The summed E-state index contributed by atoms with van der Waals surface area (Å²) >= 11 is 0. The van der Waals surface area contributed by atoms with Gasteiger partial charge in [-0.25, -0.2) is 0 Å². The molecule has 1 saturated heterocycles. The third-order valence-electron chi connectivity index (χ3n) is 2.81. The zero-order valence-corrected chi connectivity index (χ0v) is 10.2. The molecule has 0 radical (unpaired) electrons. The lowest BCUT2D eigenvalue weighted by Crippen LogP contribution is -2.37. The number of hydrogen-bond acceptors (Lipinski definition) is 2. The fourth-order valence-corrected chi connectivity index (χ4v) is 1.74. The molecule has 0 aliphatic carbocycles. The molecule has 1 amide bonds. The van der Waals surface area contributed by atoms with Gasteiger partial charge in [-0.15, -0.1) is 0 Å². The molecule has 3 nitrogen and oxygen atoms in total. The third-order valence-corrected chi connectivity index (χ3v) is 2.81. The van der Waals surface area contributed by atoms with E-state index in [1.165, 1.54) is 12.8 Å². The van der Waals surface area contributed by atoms with Crippen LogP contribution in [0.3, 0.4) is 0 Å². The molecule has 0 spiro atoms. The molecule has 1 atom stereocenters. The van der Waals surface area contributed by atoms with E-state index in [2.05, 4.69) is 31.4 Å². The fraction of sp³-hybridized carbons (Fsp3) is 0.917. The highest BCUT2D eigenvalue weighted by molar-refractivity contribution is 5.75. The van der Waals surface area contributed by atoms with Crippen LogP contribution in [0.4, 0.5) is 0 Å². The number of rotatable bonds is 4. The largest absolute Gasteiger partial charge is 0.355 e. The molecule has 0 saturated carbocycles. The minimum absolute atomic E-state index is 0.193. The highest BCUT2D eigenvalue weighted by atomic mass is 16.1. The fourth-order valence-electron chi connectivity index (χ4n) is 1.74. The van der Waals surface area contributed by atoms with Crippen molar-refractivity contribution >= 4 is 5.91 Å². The molecular formula is C12H24N2O. The van der Waals surface area contributed by atoms with Gasteiger partial charge in [0.25, 0.3) is 0 Å². The topological polar surface area (TPSA) is 41.1 Å². The van der Waals surface area contributed by atoms with Gasteiger partial charge in [0.2, 0.25) is 5.91 Å². The van der Waals surface area contributed by atoms with Crippen LogP contribution in [0.15, 0.2) is 0 Å². The highest BCUT2D eigenvalue weighted by Gasteiger charge is 2.16. The quantitative estimate of drug-likeness (QED) is 0.744. The molecule has 0 aromatic carbocycles. The predicted molar refractivity (Wildman–Crippen MR) is 62.7 cm³/mol. The molecule has 0 bridgehead atoms. The van der Waals surface area contributed by atoms with Gasteiger partial charge in [0.15, 0.2) is 0 Å². The first-order chi connectivity index (χ1) is 6.97. The third kappa shape index (κ3) is 5.78. The van der Waals surface area contributed by atoms with E-state index in [0.717, 1.165) is 19.5 Å². The summed E-state index contributed by atoms with van der Waals surface area (Å²) in [6.07, 6.45) is 4.04. The number of carbonyl (C=O) groups excluding carboxylic acids is 1. The molecular weight excluding hydrogens is 188 g/mol. The Hall–Kier alpha value is -0.570. The van der Waals surface area contributed by atoms with Crippen LogP contribution in [0, 0.1) is 5.41 Å². The SMILES string of the molecule is CC(C)(C)CCC(=O)NCC1CCCN1. The zero-order chi connectivity index (χ0) is 11.3. The summed E-state index contributed by atoms with van der Waals surface area (Å²) in [4.78, 5) is 11.5. The summed E-state index contributed by atoms with van der Waals surface area (Å²) in [5.74, 6) is 0.193. The van der Waals surface area contributed by atoms with E-state index in [1.807, 2.05) is 0 Å². The summed E-state index contributed by atoms with van der Waals surface area (Å²) < 4.78 is 0. The lowest BCUT2D eigenvalue weighted by Gasteiger charge is -2.18. The first kappa shape index (κ1) is 12.5. The normalized spacial score (nSPS) is 21.7. The summed E-state index contributed by atoms with van der Waals surface area (Å²) in [5.41, 5.74) is 0.253. The molecule has 1 aliphatic heterocycles. The average Bonchev–Trinajstić information content (AvgIpc) is 2.62. The maximum absolute atomic E-state index is 11.5. The highest BCUT2D eigenvalue weighted by Crippen LogP contribution is 2.20. The molecule has 88 valence electrons. The maximum atomic E-state index is 11.5. The molecule has 1 heterocycles. The van der Waals surface area contributed by atoms with E-state index in [-0.39, 0.29) is 11.3 Å². The van der Waals surface area contributed by atoms with Crippen molar-refractivity contribution in [2.75, 3.05) is 13.1 Å². The lowest BCUT2D eigenvalue weighted by molar-refractivity contribution is -0.121. The van der Waals surface area contributed by atoms with E-state index in [0.29, 0.717) is 12.5 Å². The second-order valence-electron chi connectivity index (χ2n) is 5.66. The summed E-state index contributed by atoms with van der Waals surface area (Å²) in [6.45, 7) is 8.39. The van der Waals surface area contributed by atoms with Crippen LogP contribution in [0.2, 0.25) is 0 Å². The molecule has 1 rings (SSSR count). The van der Waals surface area contributed by atoms with Crippen molar-refractivity contribution in [2.24, 2.45) is 5.41 Å². The van der Waals surface area contributed by atoms with Gasteiger partial charge in [-0.2, -0.15) is 0 Å². The van der Waals surface area contributed by atoms with Gasteiger partial charge >= 0.3 is 0 Å². The van der Waals surface area contributed by atoms with Gasteiger partial charge in [0.05, 0.1) is 0 Å². The predicted octanol–water partition coefficient (Wildman–Crippen LogP) is 1.68. The van der Waals surface area contributed by atoms with Crippen LogP contribution in [0.1, 0.15) is 46.5 Å². The van der Waals surface area contributed by atoms with Crippen molar-refractivity contribution in [3.63, 3.8) is 0 Å². The number of hydrogen-bond donors (Lipinski definition) is 2. The average molecular weight is 212 g/mol. The van der Waals surface area contributed by atoms with Crippen molar-refractivity contribution in [3.05, 3.63) is 0 Å². The molecule has 15 heavy (non-hydrogen) atoms. The molecule has 3 heteroatoms. The van der Waals surface area contributed by atoms with E-state index >= 15 is 0 Å². The van der Waals surface area contributed by atoms with Crippen molar-refractivity contribution in [1.29, 1.82) is 0 Å². The second-order valence-corrected chi connectivity index (χ2v) is 5.66. The van der Waals surface area contributed by atoms with Gasteiger partial charge in [0.1, 0.15) is 0 Å². The van der Waals surface area contributed by atoms with Gasteiger partial charge in [-0.05, 0) is 31.2 Å². The van der Waals surface area contributed by atoms with Crippen LogP contribution in [-0.2, 0) is 4.79 Å². The monoisotopic (exact) mass is 212 g/mol. The van der Waals surface area contributed by atoms with Crippen LogP contribution >= 0.6 is 0 Å². The van der Waals surface area contributed by atoms with Crippen LogP contribution in [-0.4, -0.2) is 25.0 Å². The number of carbonyl (C=O) groups is 1. The Labute approximate surface area is 93.0 Å². The Morgan fingerprint density at radius 1 is 1.47 bits per heavy atom. The van der Waals surface area contributed by atoms with E-state index in [1.54, 1.807) is 0 Å². The molecule has 1 fully saturated rings. The zero-order valence-electron chi connectivity index (χ0n) is 10.2. The minimum atomic E-state index is 0.193. The Balaban J connectivity index is 2.08. The first-order valence-electron chi connectivity index (χ1n) is 5.97. The molecule has 1 unspecified atom stereocenters. The number of amides is 1. The Kier molecular flexibility index (Phi) is 4.58. The summed E-state index contributed by atoms with van der Waals surface area (Å²) in [5, 5.41) is 6.37. The van der Waals surface area contributed by atoms with E-state index < -0.39 is 0 Å². The van der Waals surface area contributed by atoms with E-state index in [4.69, 9.17) is 0 Å². The second kappa shape index (κ2) is 5.50. The summed E-state index contributed by atoms with van der Waals surface area (Å²) in [6, 6.07) is 0.503. The smallest absolute Gasteiger partial charge is 0.220 e. The van der Waals surface area contributed by atoms with Crippen molar-refractivity contribution < 1.29 is 4.79 Å². The van der Waals surface area contributed by atoms with Crippen molar-refractivity contribution in [3.8, 4) is 0 Å². The molecule has 0 aromatic rings. The standard InChI is InChI=1S/C12H24N2O/c1-12(2,3)7-6-11(15)14-9-10-5-4-8-13-10/h10,13H,4-9H2,1-3H3,(H,14,15). The minimum Gasteiger partial charge on any atom is -0.355 e. The van der Waals surface area contributed by atoms with Gasteiger partial charge < -0.3 is 10.6 Å². The molecule has 1 aliphatic rings. The van der Waals surface area contributed by atoms with Gasteiger partial charge in [-0.1, -0.05) is 20.8 Å². The Morgan fingerprint density at radius 3 is 2.73 bits per heavy atom. The maximum Gasteiger partial charge on any atom is 0.220 e. The first-order valence-corrected chi connectivity index (χ1v) is 5.97. The van der Waals surface area contributed by atoms with Crippen LogP contribution in [0.5, 0.6) is 0 Å². The van der Waals surface area contributed by atoms with Crippen molar-refractivity contribution in [1.82, 2.24) is 10.6 Å². The molecule has 0 aromatic heterocycles. The number of nitrogens with one attached hydrogen (secondary N) is 2. The Bertz CT molecular complexity index is 202. The summed E-state index contributed by atoms with van der Waals surface area (Å²) in [7, 11) is 0. The Morgan fingerprint density at radius 2 is 2.20 bits per heavy atom.